The summed E-state index contributed by atoms with van der Waals surface area (Å²) in [5, 5.41) is 10.4. The predicted molar refractivity (Wildman–Crippen MR) is 63.3 cm³/mol. The van der Waals surface area contributed by atoms with Crippen molar-refractivity contribution >= 4 is 34.8 Å². The summed E-state index contributed by atoms with van der Waals surface area (Å²) in [5.41, 5.74) is 6.56. The largest absolute Gasteiger partial charge is 0.318 e. The molecule has 15 heavy (non-hydrogen) atoms. The van der Waals surface area contributed by atoms with Crippen molar-refractivity contribution in [1.82, 2.24) is 10.2 Å². The molecule has 3 N–H and O–H groups in total. The first-order chi connectivity index (χ1) is 6.56. The number of nitrogens with one attached hydrogen (secondary N) is 1. The molecule has 0 aromatic carbocycles. The number of hydrogen-bond acceptors (Lipinski definition) is 5. The standard InChI is InChI=1S/C8H14N4OS.ClH/c1-3-4-8(2,9)6(13)11-7-12-10-5-14-7;/h5H,3-4,9H2,1-2H3,(H,11,12,13);1H. The van der Waals surface area contributed by atoms with Gasteiger partial charge in [-0.1, -0.05) is 24.7 Å². The number of anilines is 1. The third-order valence-electron chi connectivity index (χ3n) is 1.87. The van der Waals surface area contributed by atoms with Crippen LogP contribution in [0, 0.1) is 0 Å². The molecular formula is C8H15ClN4OS. The van der Waals surface area contributed by atoms with Gasteiger partial charge in [-0.25, -0.2) is 0 Å². The first kappa shape index (κ1) is 14.3. The van der Waals surface area contributed by atoms with Gasteiger partial charge in [0.15, 0.2) is 0 Å². The van der Waals surface area contributed by atoms with Crippen molar-refractivity contribution in [3.63, 3.8) is 0 Å². The van der Waals surface area contributed by atoms with Crippen LogP contribution in [0.15, 0.2) is 5.51 Å². The molecule has 1 aromatic rings. The summed E-state index contributed by atoms with van der Waals surface area (Å²) in [6.07, 6.45) is 1.52. The van der Waals surface area contributed by atoms with Crippen molar-refractivity contribution in [3.05, 3.63) is 5.51 Å². The lowest BCUT2D eigenvalue weighted by atomic mass is 9.97. The van der Waals surface area contributed by atoms with Crippen molar-refractivity contribution in [1.29, 1.82) is 0 Å². The Labute approximate surface area is 98.9 Å². The monoisotopic (exact) mass is 250 g/mol. The molecule has 7 heteroatoms. The molecule has 0 aliphatic heterocycles. The number of carbonyl (C=O) groups excluding carboxylic acids is 1. The Balaban J connectivity index is 0.00000196. The summed E-state index contributed by atoms with van der Waals surface area (Å²) < 4.78 is 0. The van der Waals surface area contributed by atoms with Crippen LogP contribution in [0.5, 0.6) is 0 Å². The first-order valence-electron chi connectivity index (χ1n) is 4.43. The van der Waals surface area contributed by atoms with Crippen LogP contribution < -0.4 is 11.1 Å². The average Bonchev–Trinajstić information content (AvgIpc) is 2.56. The molecule has 0 saturated heterocycles. The van der Waals surface area contributed by atoms with Gasteiger partial charge in [-0.05, 0) is 13.3 Å². The molecule has 0 aliphatic rings. The first-order valence-corrected chi connectivity index (χ1v) is 5.30. The summed E-state index contributed by atoms with van der Waals surface area (Å²) in [4.78, 5) is 11.6. The molecule has 1 heterocycles. The molecule has 0 spiro atoms. The molecule has 0 aliphatic carbocycles. The Morgan fingerprint density at radius 1 is 1.73 bits per heavy atom. The van der Waals surface area contributed by atoms with E-state index in [0.29, 0.717) is 11.6 Å². The van der Waals surface area contributed by atoms with Crippen molar-refractivity contribution < 1.29 is 4.79 Å². The number of rotatable bonds is 4. The van der Waals surface area contributed by atoms with Crippen molar-refractivity contribution in [2.45, 2.75) is 32.2 Å². The van der Waals surface area contributed by atoms with E-state index in [0.717, 1.165) is 6.42 Å². The molecule has 0 saturated carbocycles. The second-order valence-corrected chi connectivity index (χ2v) is 4.20. The predicted octanol–water partition coefficient (Wildman–Crippen LogP) is 1.42. The molecule has 1 amide bonds. The van der Waals surface area contributed by atoms with Crippen molar-refractivity contribution in [2.75, 3.05) is 5.32 Å². The number of nitrogens with zero attached hydrogens (tertiary/aromatic N) is 2. The van der Waals surface area contributed by atoms with E-state index in [1.807, 2.05) is 6.92 Å². The smallest absolute Gasteiger partial charge is 0.245 e. The minimum atomic E-state index is -0.833. The highest BCUT2D eigenvalue weighted by Crippen LogP contribution is 2.14. The lowest BCUT2D eigenvalue weighted by Crippen LogP contribution is -2.48. The number of carbonyl (C=O) groups is 1. The zero-order valence-corrected chi connectivity index (χ0v) is 10.3. The van der Waals surface area contributed by atoms with Crippen molar-refractivity contribution in [2.24, 2.45) is 5.73 Å². The third kappa shape index (κ3) is 4.11. The second-order valence-electron chi connectivity index (χ2n) is 3.37. The van der Waals surface area contributed by atoms with Gasteiger partial charge in [-0.3, -0.25) is 10.1 Å². The van der Waals surface area contributed by atoms with E-state index >= 15 is 0 Å². The van der Waals surface area contributed by atoms with Crippen LogP contribution in [-0.2, 0) is 4.79 Å². The fraction of sp³-hybridized carbons (Fsp3) is 0.625. The molecule has 5 nitrogen and oxygen atoms in total. The van der Waals surface area contributed by atoms with Gasteiger partial charge in [0.2, 0.25) is 11.0 Å². The Morgan fingerprint density at radius 2 is 2.40 bits per heavy atom. The quantitative estimate of drug-likeness (QED) is 0.847. The number of amides is 1. The summed E-state index contributed by atoms with van der Waals surface area (Å²) in [6.45, 7) is 3.70. The number of halogens is 1. The highest BCUT2D eigenvalue weighted by Gasteiger charge is 2.27. The Kier molecular flexibility index (Phi) is 5.71. The van der Waals surface area contributed by atoms with Gasteiger partial charge in [-0.2, -0.15) is 0 Å². The van der Waals surface area contributed by atoms with E-state index in [1.54, 1.807) is 12.4 Å². The topological polar surface area (TPSA) is 80.9 Å². The summed E-state index contributed by atoms with van der Waals surface area (Å²) in [5.74, 6) is -0.212. The van der Waals surface area contributed by atoms with E-state index in [9.17, 15) is 4.79 Å². The minimum absolute atomic E-state index is 0. The maximum absolute atomic E-state index is 11.6. The van der Waals surface area contributed by atoms with Gasteiger partial charge >= 0.3 is 0 Å². The zero-order chi connectivity index (χ0) is 10.6. The summed E-state index contributed by atoms with van der Waals surface area (Å²) in [6, 6.07) is 0. The van der Waals surface area contributed by atoms with Gasteiger partial charge < -0.3 is 5.73 Å². The molecule has 1 aromatic heterocycles. The van der Waals surface area contributed by atoms with E-state index in [4.69, 9.17) is 5.73 Å². The van der Waals surface area contributed by atoms with Crippen LogP contribution >= 0.6 is 23.7 Å². The van der Waals surface area contributed by atoms with Gasteiger partial charge in [0.05, 0.1) is 5.54 Å². The Hall–Kier alpha value is -0.720. The van der Waals surface area contributed by atoms with Crippen LogP contribution in [0.2, 0.25) is 0 Å². The minimum Gasteiger partial charge on any atom is -0.318 e. The Bertz CT molecular complexity index is 302. The molecule has 0 fully saturated rings. The van der Waals surface area contributed by atoms with Gasteiger partial charge in [-0.15, -0.1) is 22.6 Å². The molecule has 0 bridgehead atoms. The van der Waals surface area contributed by atoms with E-state index in [-0.39, 0.29) is 18.3 Å². The highest BCUT2D eigenvalue weighted by molar-refractivity contribution is 7.13. The van der Waals surface area contributed by atoms with Gasteiger partial charge in [0.1, 0.15) is 5.51 Å². The van der Waals surface area contributed by atoms with E-state index in [1.165, 1.54) is 11.3 Å². The molecular weight excluding hydrogens is 236 g/mol. The molecule has 86 valence electrons. The summed E-state index contributed by atoms with van der Waals surface area (Å²) >= 11 is 1.28. The number of aromatic nitrogens is 2. The zero-order valence-electron chi connectivity index (χ0n) is 8.69. The number of hydrogen-bond donors (Lipinski definition) is 2. The summed E-state index contributed by atoms with van der Waals surface area (Å²) in [7, 11) is 0. The van der Waals surface area contributed by atoms with Crippen LogP contribution in [-0.4, -0.2) is 21.6 Å². The van der Waals surface area contributed by atoms with Gasteiger partial charge in [0.25, 0.3) is 0 Å². The molecule has 0 radical (unpaired) electrons. The fourth-order valence-electron chi connectivity index (χ4n) is 1.10. The Morgan fingerprint density at radius 3 is 2.87 bits per heavy atom. The van der Waals surface area contributed by atoms with Crippen LogP contribution in [0.25, 0.3) is 0 Å². The fourth-order valence-corrected chi connectivity index (χ4v) is 1.54. The van der Waals surface area contributed by atoms with Crippen LogP contribution in [0.4, 0.5) is 5.13 Å². The van der Waals surface area contributed by atoms with Crippen LogP contribution in [0.1, 0.15) is 26.7 Å². The average molecular weight is 251 g/mol. The SMILES string of the molecule is CCCC(C)(N)C(=O)Nc1nncs1.Cl. The van der Waals surface area contributed by atoms with Crippen LogP contribution in [0.3, 0.4) is 0 Å². The second kappa shape index (κ2) is 5.99. The van der Waals surface area contributed by atoms with Crippen molar-refractivity contribution in [3.8, 4) is 0 Å². The number of nitrogens with two attached hydrogens (primary N) is 1. The lowest BCUT2D eigenvalue weighted by Gasteiger charge is -2.21. The molecule has 1 unspecified atom stereocenters. The normalized spacial score (nSPS) is 13.8. The van der Waals surface area contributed by atoms with E-state index < -0.39 is 5.54 Å². The van der Waals surface area contributed by atoms with E-state index in [2.05, 4.69) is 15.5 Å². The molecule has 1 atom stereocenters. The third-order valence-corrected chi connectivity index (χ3v) is 2.48. The maximum Gasteiger partial charge on any atom is 0.245 e. The van der Waals surface area contributed by atoms with Gasteiger partial charge in [0, 0.05) is 0 Å². The molecule has 1 rings (SSSR count). The maximum atomic E-state index is 11.6. The highest BCUT2D eigenvalue weighted by atomic mass is 35.5. The lowest BCUT2D eigenvalue weighted by molar-refractivity contribution is -0.120.